The van der Waals surface area contributed by atoms with E-state index in [-0.39, 0.29) is 12.1 Å². The van der Waals surface area contributed by atoms with Crippen LogP contribution in [0, 0.1) is 0 Å². The molecule has 1 aliphatic carbocycles. The molecule has 4 heteroatoms. The van der Waals surface area contributed by atoms with Crippen LogP contribution in [0.1, 0.15) is 58.4 Å². The van der Waals surface area contributed by atoms with E-state index in [0.717, 1.165) is 31.6 Å². The van der Waals surface area contributed by atoms with Gasteiger partial charge < -0.3 is 14.4 Å². The molecule has 0 saturated carbocycles. The zero-order valence-electron chi connectivity index (χ0n) is 16.5. The first-order valence-electron chi connectivity index (χ1n) is 9.71. The highest BCUT2D eigenvalue weighted by Crippen LogP contribution is 2.37. The third kappa shape index (κ3) is 4.40. The lowest BCUT2D eigenvalue weighted by atomic mass is 9.80. The molecule has 0 bridgehead atoms. The summed E-state index contributed by atoms with van der Waals surface area (Å²) in [5.74, 6) is 0.860. The smallest absolute Gasteiger partial charge is 0.410 e. The Labute approximate surface area is 157 Å². The van der Waals surface area contributed by atoms with Gasteiger partial charge >= 0.3 is 6.09 Å². The SMILES string of the molecule is COc1ccc(C[C@H]2C3=C(CCCC3)CCN2C(=O)OC(C)(C)C)cc1. The highest BCUT2D eigenvalue weighted by molar-refractivity contribution is 5.70. The third-order valence-corrected chi connectivity index (χ3v) is 5.28. The molecule has 0 N–H and O–H groups in total. The average Bonchev–Trinajstić information content (AvgIpc) is 2.61. The number of hydrogen-bond acceptors (Lipinski definition) is 3. The summed E-state index contributed by atoms with van der Waals surface area (Å²) in [7, 11) is 1.68. The molecule has 1 atom stereocenters. The maximum absolute atomic E-state index is 12.9. The van der Waals surface area contributed by atoms with Gasteiger partial charge in [-0.3, -0.25) is 0 Å². The lowest BCUT2D eigenvalue weighted by molar-refractivity contribution is 0.0171. The second-order valence-electron chi connectivity index (χ2n) is 8.33. The highest BCUT2D eigenvalue weighted by Gasteiger charge is 2.35. The first-order chi connectivity index (χ1) is 12.4. The van der Waals surface area contributed by atoms with Crippen LogP contribution < -0.4 is 4.74 Å². The number of methoxy groups -OCH3 is 1. The van der Waals surface area contributed by atoms with Gasteiger partial charge in [0.25, 0.3) is 0 Å². The van der Waals surface area contributed by atoms with Crippen LogP contribution in [0.15, 0.2) is 35.4 Å². The summed E-state index contributed by atoms with van der Waals surface area (Å²) in [5.41, 5.74) is 3.81. The predicted molar refractivity (Wildman–Crippen MR) is 104 cm³/mol. The zero-order chi connectivity index (χ0) is 18.7. The topological polar surface area (TPSA) is 38.8 Å². The molecule has 1 aliphatic heterocycles. The molecule has 3 rings (SSSR count). The van der Waals surface area contributed by atoms with Crippen LogP contribution in [0.5, 0.6) is 5.75 Å². The summed E-state index contributed by atoms with van der Waals surface area (Å²) in [4.78, 5) is 14.8. The molecule has 26 heavy (non-hydrogen) atoms. The minimum Gasteiger partial charge on any atom is -0.497 e. The molecule has 0 aromatic heterocycles. The van der Waals surface area contributed by atoms with Crippen LogP contribution in [-0.2, 0) is 11.2 Å². The van der Waals surface area contributed by atoms with Crippen molar-refractivity contribution in [1.29, 1.82) is 0 Å². The maximum Gasteiger partial charge on any atom is 0.410 e. The van der Waals surface area contributed by atoms with Crippen molar-refractivity contribution >= 4 is 6.09 Å². The molecular formula is C22H31NO3. The molecule has 142 valence electrons. The van der Waals surface area contributed by atoms with E-state index >= 15 is 0 Å². The van der Waals surface area contributed by atoms with Gasteiger partial charge in [0.15, 0.2) is 0 Å². The lowest BCUT2D eigenvalue weighted by Crippen LogP contribution is -2.48. The number of carbonyl (C=O) groups is 1. The maximum atomic E-state index is 12.9. The quantitative estimate of drug-likeness (QED) is 0.705. The van der Waals surface area contributed by atoms with Crippen molar-refractivity contribution in [1.82, 2.24) is 4.90 Å². The molecular weight excluding hydrogens is 326 g/mol. The summed E-state index contributed by atoms with van der Waals surface area (Å²) in [6, 6.07) is 8.30. The Kier molecular flexibility index (Phi) is 5.59. The number of ether oxygens (including phenoxy) is 2. The average molecular weight is 357 g/mol. The van der Waals surface area contributed by atoms with E-state index in [9.17, 15) is 4.79 Å². The zero-order valence-corrected chi connectivity index (χ0v) is 16.5. The normalized spacial score (nSPS) is 20.6. The Balaban J connectivity index is 1.85. The van der Waals surface area contributed by atoms with Crippen molar-refractivity contribution in [3.63, 3.8) is 0 Å². The largest absolute Gasteiger partial charge is 0.497 e. The Morgan fingerprint density at radius 1 is 1.12 bits per heavy atom. The molecule has 0 saturated heterocycles. The van der Waals surface area contributed by atoms with Gasteiger partial charge in [0.1, 0.15) is 11.4 Å². The summed E-state index contributed by atoms with van der Waals surface area (Å²) >= 11 is 0. The summed E-state index contributed by atoms with van der Waals surface area (Å²) in [6.45, 7) is 6.55. The van der Waals surface area contributed by atoms with Crippen molar-refractivity contribution in [3.05, 3.63) is 41.0 Å². The van der Waals surface area contributed by atoms with E-state index in [1.165, 1.54) is 30.4 Å². The van der Waals surface area contributed by atoms with Crippen molar-refractivity contribution in [3.8, 4) is 5.75 Å². The molecule has 0 unspecified atom stereocenters. The standard InChI is InChI=1S/C22H31NO3/c1-22(2,3)26-21(24)23-14-13-17-7-5-6-8-19(17)20(23)15-16-9-11-18(25-4)12-10-16/h9-12,20H,5-8,13-15H2,1-4H3/t20-/m0/s1. The van der Waals surface area contributed by atoms with Gasteiger partial charge in [0, 0.05) is 6.54 Å². The fourth-order valence-corrected chi connectivity index (χ4v) is 4.04. The molecule has 1 amide bonds. The lowest BCUT2D eigenvalue weighted by Gasteiger charge is -2.41. The Hall–Kier alpha value is -1.97. The van der Waals surface area contributed by atoms with Crippen molar-refractivity contribution in [2.24, 2.45) is 0 Å². The molecule has 1 aromatic carbocycles. The minimum absolute atomic E-state index is 0.113. The molecule has 4 nitrogen and oxygen atoms in total. The second kappa shape index (κ2) is 7.73. The van der Waals surface area contributed by atoms with Crippen LogP contribution in [0.2, 0.25) is 0 Å². The second-order valence-corrected chi connectivity index (χ2v) is 8.33. The monoisotopic (exact) mass is 357 g/mol. The third-order valence-electron chi connectivity index (χ3n) is 5.28. The summed E-state index contributed by atoms with van der Waals surface area (Å²) in [6.07, 6.45) is 6.44. The Bertz CT molecular complexity index is 670. The molecule has 0 radical (unpaired) electrons. The van der Waals surface area contributed by atoms with Gasteiger partial charge in [-0.2, -0.15) is 0 Å². The Morgan fingerprint density at radius 3 is 2.46 bits per heavy atom. The molecule has 1 heterocycles. The van der Waals surface area contributed by atoms with E-state index in [1.807, 2.05) is 37.8 Å². The van der Waals surface area contributed by atoms with Gasteiger partial charge in [-0.15, -0.1) is 0 Å². The van der Waals surface area contributed by atoms with Crippen LogP contribution >= 0.6 is 0 Å². The highest BCUT2D eigenvalue weighted by atomic mass is 16.6. The van der Waals surface area contributed by atoms with Crippen LogP contribution in [-0.4, -0.2) is 36.3 Å². The molecule has 2 aliphatic rings. The Morgan fingerprint density at radius 2 is 1.81 bits per heavy atom. The summed E-state index contributed by atoms with van der Waals surface area (Å²) < 4.78 is 11.0. The summed E-state index contributed by atoms with van der Waals surface area (Å²) in [5, 5.41) is 0. The van der Waals surface area contributed by atoms with Crippen LogP contribution in [0.3, 0.4) is 0 Å². The molecule has 1 aromatic rings. The van der Waals surface area contributed by atoms with E-state index in [0.29, 0.717) is 0 Å². The van der Waals surface area contributed by atoms with Gasteiger partial charge in [0.2, 0.25) is 0 Å². The van der Waals surface area contributed by atoms with E-state index < -0.39 is 5.60 Å². The molecule has 0 spiro atoms. The number of nitrogens with zero attached hydrogens (tertiary/aromatic N) is 1. The van der Waals surface area contributed by atoms with Crippen molar-refractivity contribution < 1.29 is 14.3 Å². The minimum atomic E-state index is -0.469. The van der Waals surface area contributed by atoms with Gasteiger partial charge in [0.05, 0.1) is 13.2 Å². The van der Waals surface area contributed by atoms with Crippen LogP contribution in [0.25, 0.3) is 0 Å². The van der Waals surface area contributed by atoms with E-state index in [1.54, 1.807) is 12.7 Å². The fraction of sp³-hybridized carbons (Fsp3) is 0.591. The number of hydrogen-bond donors (Lipinski definition) is 0. The fourth-order valence-electron chi connectivity index (χ4n) is 4.04. The van der Waals surface area contributed by atoms with Crippen molar-refractivity contribution in [2.75, 3.05) is 13.7 Å². The predicted octanol–water partition coefficient (Wildman–Crippen LogP) is 5.12. The number of amides is 1. The van der Waals surface area contributed by atoms with Gasteiger partial charge in [-0.25, -0.2) is 4.79 Å². The molecule has 0 fully saturated rings. The van der Waals surface area contributed by atoms with Crippen LogP contribution in [0.4, 0.5) is 4.79 Å². The van der Waals surface area contributed by atoms with E-state index in [2.05, 4.69) is 12.1 Å². The number of benzene rings is 1. The first-order valence-corrected chi connectivity index (χ1v) is 9.71. The number of carbonyl (C=O) groups excluding carboxylic acids is 1. The number of rotatable bonds is 3. The van der Waals surface area contributed by atoms with E-state index in [4.69, 9.17) is 9.47 Å². The van der Waals surface area contributed by atoms with Gasteiger partial charge in [-0.1, -0.05) is 17.7 Å². The van der Waals surface area contributed by atoms with Crippen molar-refractivity contribution in [2.45, 2.75) is 70.9 Å². The first kappa shape index (κ1) is 18.8. The van der Waals surface area contributed by atoms with Gasteiger partial charge in [-0.05, 0) is 82.6 Å².